The van der Waals surface area contributed by atoms with E-state index in [0.717, 1.165) is 31.6 Å². The van der Waals surface area contributed by atoms with Gasteiger partial charge >= 0.3 is 0 Å². The van der Waals surface area contributed by atoms with Crippen LogP contribution in [0.2, 0.25) is 0 Å². The van der Waals surface area contributed by atoms with Crippen molar-refractivity contribution in [3.05, 3.63) is 65.2 Å². The van der Waals surface area contributed by atoms with E-state index in [1.165, 1.54) is 27.8 Å². The normalized spacial score (nSPS) is 15.6. The topological polar surface area (TPSA) is 23.6 Å². The molecule has 3 heteroatoms. The van der Waals surface area contributed by atoms with Crippen LogP contribution in [-0.4, -0.2) is 30.9 Å². The van der Waals surface area contributed by atoms with Gasteiger partial charge in [-0.2, -0.15) is 0 Å². The Morgan fingerprint density at radius 1 is 1.00 bits per heavy atom. The zero-order valence-corrected chi connectivity index (χ0v) is 15.7. The molecule has 2 aromatic carbocycles. The van der Waals surface area contributed by atoms with E-state index in [9.17, 15) is 4.79 Å². The Kier molecular flexibility index (Phi) is 4.64. The molecule has 3 nitrogen and oxygen atoms in total. The zero-order chi connectivity index (χ0) is 18.1. The van der Waals surface area contributed by atoms with Crippen molar-refractivity contribution in [2.75, 3.05) is 25.0 Å². The van der Waals surface area contributed by atoms with Crippen LogP contribution >= 0.6 is 0 Å². The number of benzene rings is 2. The number of hydrogen-bond acceptors (Lipinski definition) is 2. The highest BCUT2D eigenvalue weighted by Gasteiger charge is 2.30. The second-order valence-electron chi connectivity index (χ2n) is 7.26. The van der Waals surface area contributed by atoms with Crippen LogP contribution in [0.4, 0.5) is 5.69 Å². The van der Waals surface area contributed by atoms with E-state index in [1.807, 2.05) is 11.0 Å². The van der Waals surface area contributed by atoms with Gasteiger partial charge in [-0.15, -0.1) is 0 Å². The minimum atomic E-state index is 0.205. The molecule has 0 aromatic heterocycles. The van der Waals surface area contributed by atoms with Crippen molar-refractivity contribution in [1.82, 2.24) is 4.90 Å². The first-order valence-corrected chi connectivity index (χ1v) is 9.57. The van der Waals surface area contributed by atoms with Gasteiger partial charge in [0.05, 0.1) is 12.2 Å². The van der Waals surface area contributed by atoms with Crippen molar-refractivity contribution in [1.29, 1.82) is 0 Å². The highest BCUT2D eigenvalue weighted by Crippen LogP contribution is 2.47. The lowest BCUT2D eigenvalue weighted by Gasteiger charge is -2.35. The summed E-state index contributed by atoms with van der Waals surface area (Å²) in [5, 5.41) is 0. The molecule has 134 valence electrons. The molecule has 1 amide bonds. The van der Waals surface area contributed by atoms with E-state index in [2.05, 4.69) is 61.3 Å². The summed E-state index contributed by atoms with van der Waals surface area (Å²) in [6.07, 6.45) is 2.78. The fourth-order valence-corrected chi connectivity index (χ4v) is 3.94. The van der Waals surface area contributed by atoms with E-state index in [-0.39, 0.29) is 5.91 Å². The summed E-state index contributed by atoms with van der Waals surface area (Å²) < 4.78 is 0. The lowest BCUT2D eigenvalue weighted by Crippen LogP contribution is -2.35. The van der Waals surface area contributed by atoms with E-state index in [4.69, 9.17) is 0 Å². The molecule has 0 atom stereocenters. The molecule has 26 heavy (non-hydrogen) atoms. The summed E-state index contributed by atoms with van der Waals surface area (Å²) >= 11 is 0. The molecule has 0 spiro atoms. The van der Waals surface area contributed by atoms with Gasteiger partial charge in [0.25, 0.3) is 0 Å². The predicted molar refractivity (Wildman–Crippen MR) is 108 cm³/mol. The van der Waals surface area contributed by atoms with Crippen LogP contribution in [0.1, 0.15) is 42.9 Å². The number of rotatable bonds is 4. The van der Waals surface area contributed by atoms with Gasteiger partial charge in [-0.3, -0.25) is 4.79 Å². The van der Waals surface area contributed by atoms with Crippen molar-refractivity contribution >= 4 is 22.7 Å². The van der Waals surface area contributed by atoms with Crippen LogP contribution in [0.5, 0.6) is 0 Å². The number of amides is 1. The van der Waals surface area contributed by atoms with Crippen LogP contribution < -0.4 is 4.90 Å². The zero-order valence-electron chi connectivity index (χ0n) is 15.7. The molecule has 2 aliphatic rings. The number of fused-ring (bicyclic) bond motifs is 4. The number of hydrogen-bond donors (Lipinski definition) is 0. The molecule has 0 radical (unpaired) electrons. The predicted octanol–water partition coefficient (Wildman–Crippen LogP) is 4.58. The summed E-state index contributed by atoms with van der Waals surface area (Å²) in [5.41, 5.74) is 7.76. The Hall–Kier alpha value is -2.39. The van der Waals surface area contributed by atoms with Crippen LogP contribution in [0.3, 0.4) is 0 Å². The summed E-state index contributed by atoms with van der Waals surface area (Å²) in [5.74, 6) is 0.205. The first-order valence-electron chi connectivity index (χ1n) is 9.57. The van der Waals surface area contributed by atoms with Gasteiger partial charge in [-0.25, -0.2) is 0 Å². The van der Waals surface area contributed by atoms with Crippen molar-refractivity contribution in [2.24, 2.45) is 0 Å². The quantitative estimate of drug-likeness (QED) is 0.809. The van der Waals surface area contributed by atoms with E-state index in [1.54, 1.807) is 0 Å². The van der Waals surface area contributed by atoms with Crippen LogP contribution in [0, 0.1) is 0 Å². The molecule has 4 rings (SSSR count). The molecule has 2 aromatic rings. The minimum absolute atomic E-state index is 0.205. The average Bonchev–Trinajstić information content (AvgIpc) is 2.64. The fraction of sp³-hybridized carbons (Fsp3) is 0.348. The molecule has 0 fully saturated rings. The maximum atomic E-state index is 13.1. The lowest BCUT2D eigenvalue weighted by molar-refractivity contribution is -0.119. The number of anilines is 1. The monoisotopic (exact) mass is 346 g/mol. The summed E-state index contributed by atoms with van der Waals surface area (Å²) in [4.78, 5) is 17.3. The molecule has 0 saturated heterocycles. The molecule has 0 saturated carbocycles. The molecular weight excluding hydrogens is 320 g/mol. The Labute approximate surface area is 155 Å². The minimum Gasteiger partial charge on any atom is -0.307 e. The van der Waals surface area contributed by atoms with Gasteiger partial charge in [0.1, 0.15) is 0 Å². The van der Waals surface area contributed by atoms with Gasteiger partial charge < -0.3 is 9.80 Å². The number of carbonyl (C=O) groups is 1. The van der Waals surface area contributed by atoms with Crippen molar-refractivity contribution < 1.29 is 4.79 Å². The molecule has 0 N–H and O–H groups in total. The molecule has 1 aliphatic carbocycles. The van der Waals surface area contributed by atoms with Gasteiger partial charge in [0, 0.05) is 18.5 Å². The Morgan fingerprint density at radius 2 is 1.65 bits per heavy atom. The summed E-state index contributed by atoms with van der Waals surface area (Å²) in [6.45, 7) is 4.53. The van der Waals surface area contributed by atoms with Gasteiger partial charge in [-0.05, 0) is 54.8 Å². The average molecular weight is 346 g/mol. The highest BCUT2D eigenvalue weighted by molar-refractivity contribution is 6.05. The molecule has 0 unspecified atom stereocenters. The van der Waals surface area contributed by atoms with Gasteiger partial charge in [0.15, 0.2) is 0 Å². The number of allylic oxidation sites excluding steroid dienone is 2. The number of carbonyl (C=O) groups excluding carboxylic acids is 1. The molecule has 0 bridgehead atoms. The third-order valence-corrected chi connectivity index (χ3v) is 5.73. The van der Waals surface area contributed by atoms with Gasteiger partial charge in [0.2, 0.25) is 5.91 Å². The van der Waals surface area contributed by atoms with Crippen molar-refractivity contribution in [3.63, 3.8) is 0 Å². The number of para-hydroxylation sites is 1. The van der Waals surface area contributed by atoms with Crippen LogP contribution in [0.15, 0.2) is 48.5 Å². The summed E-state index contributed by atoms with van der Waals surface area (Å²) in [6, 6.07) is 17.0. The van der Waals surface area contributed by atoms with Gasteiger partial charge in [-0.1, -0.05) is 49.4 Å². The summed E-state index contributed by atoms with van der Waals surface area (Å²) in [7, 11) is 2.06. The molecule has 1 aliphatic heterocycles. The highest BCUT2D eigenvalue weighted by atomic mass is 16.2. The fourth-order valence-electron chi connectivity index (χ4n) is 3.94. The smallest absolute Gasteiger partial charge is 0.228 e. The maximum absolute atomic E-state index is 13.1. The Bertz CT molecular complexity index is 868. The molecular formula is C23H26N2O. The first kappa shape index (κ1) is 17.0. The third kappa shape index (κ3) is 2.97. The SMILES string of the molecule is CCN(C)CCC(=O)N1Cc2ccccc2C2=C(CC2)c2ccccc21. The first-order chi connectivity index (χ1) is 12.7. The van der Waals surface area contributed by atoms with E-state index < -0.39 is 0 Å². The Balaban J connectivity index is 1.77. The van der Waals surface area contributed by atoms with Crippen LogP contribution in [-0.2, 0) is 11.3 Å². The van der Waals surface area contributed by atoms with Crippen molar-refractivity contribution in [2.45, 2.75) is 32.7 Å². The Morgan fingerprint density at radius 3 is 2.38 bits per heavy atom. The lowest BCUT2D eigenvalue weighted by atomic mass is 9.77. The van der Waals surface area contributed by atoms with E-state index >= 15 is 0 Å². The second-order valence-corrected chi connectivity index (χ2v) is 7.26. The second kappa shape index (κ2) is 7.08. The number of nitrogens with zero attached hydrogens (tertiary/aromatic N) is 2. The van der Waals surface area contributed by atoms with Crippen LogP contribution in [0.25, 0.3) is 11.1 Å². The van der Waals surface area contributed by atoms with E-state index in [0.29, 0.717) is 13.0 Å². The maximum Gasteiger partial charge on any atom is 0.228 e. The van der Waals surface area contributed by atoms with Crippen molar-refractivity contribution in [3.8, 4) is 0 Å². The molecule has 1 heterocycles. The standard InChI is InChI=1S/C23H26N2O/c1-3-24(2)15-14-23(26)25-16-17-8-4-5-9-18(17)19-12-13-20(19)21-10-6-7-11-22(21)25/h4-11H,3,12-16H2,1-2H3. The largest absolute Gasteiger partial charge is 0.307 e. The third-order valence-electron chi connectivity index (χ3n) is 5.73.